The molecule has 0 aliphatic carbocycles. The van der Waals surface area contributed by atoms with Crippen molar-refractivity contribution in [3.8, 4) is 11.5 Å². The van der Waals surface area contributed by atoms with Gasteiger partial charge in [-0.1, -0.05) is 31.4 Å². The van der Waals surface area contributed by atoms with Gasteiger partial charge < -0.3 is 14.6 Å². The van der Waals surface area contributed by atoms with E-state index in [0.29, 0.717) is 29.0 Å². The fourth-order valence-corrected chi connectivity index (χ4v) is 2.47. The fraction of sp³-hybridized carbons (Fsp3) is 0.375. The number of hydrogen-bond donors (Lipinski definition) is 2. The predicted octanol–water partition coefficient (Wildman–Crippen LogP) is 4.56. The molecule has 0 aliphatic heterocycles. The highest BCUT2D eigenvalue weighted by atomic mass is 35.5. The van der Waals surface area contributed by atoms with Crippen LogP contribution in [0.25, 0.3) is 10.9 Å². The van der Waals surface area contributed by atoms with E-state index in [9.17, 15) is 4.79 Å². The molecule has 23 heavy (non-hydrogen) atoms. The summed E-state index contributed by atoms with van der Waals surface area (Å²) >= 11 is 6.27. The number of methoxy groups -OCH3 is 1. The number of rotatable bonds is 7. The van der Waals surface area contributed by atoms with Gasteiger partial charge in [-0.05, 0) is 18.6 Å². The number of carbonyl (C=O) groups is 1. The van der Waals surface area contributed by atoms with Gasteiger partial charge in [0.1, 0.15) is 5.52 Å². The first-order chi connectivity index (χ1) is 11.1. The number of halogens is 1. The molecule has 1 heterocycles. The predicted molar refractivity (Wildman–Crippen MR) is 90.0 cm³/mol. The molecular weight excluding hydrogens is 320 g/mol. The van der Waals surface area contributed by atoms with E-state index in [1.165, 1.54) is 6.20 Å². The molecule has 1 aromatic heterocycles. The Kier molecular flexibility index (Phi) is 5.87. The van der Waals surface area contributed by atoms with Crippen molar-refractivity contribution in [3.05, 3.63) is 23.4 Å². The van der Waals surface area contributed by atoms with Crippen molar-refractivity contribution in [1.82, 2.24) is 4.98 Å². The molecular formula is C16H19ClN2O4. The number of pyridine rings is 1. The van der Waals surface area contributed by atoms with Crippen LogP contribution >= 0.6 is 11.6 Å². The molecule has 0 saturated heterocycles. The molecule has 6 nitrogen and oxygen atoms in total. The van der Waals surface area contributed by atoms with E-state index < -0.39 is 6.09 Å². The molecule has 0 bridgehead atoms. The zero-order chi connectivity index (χ0) is 16.8. The molecule has 0 atom stereocenters. The highest BCUT2D eigenvalue weighted by Gasteiger charge is 2.16. The van der Waals surface area contributed by atoms with Gasteiger partial charge >= 0.3 is 6.09 Å². The van der Waals surface area contributed by atoms with Crippen LogP contribution < -0.4 is 14.8 Å². The Morgan fingerprint density at radius 3 is 2.83 bits per heavy atom. The zero-order valence-corrected chi connectivity index (χ0v) is 13.8. The minimum atomic E-state index is -1.20. The average Bonchev–Trinajstić information content (AvgIpc) is 2.53. The summed E-state index contributed by atoms with van der Waals surface area (Å²) < 4.78 is 11.2. The van der Waals surface area contributed by atoms with Gasteiger partial charge in [-0.2, -0.15) is 0 Å². The van der Waals surface area contributed by atoms with Crippen LogP contribution in [0.3, 0.4) is 0 Å². The number of amides is 1. The normalized spacial score (nSPS) is 10.6. The molecule has 1 aromatic carbocycles. The molecule has 7 heteroatoms. The lowest BCUT2D eigenvalue weighted by molar-refractivity contribution is 0.209. The lowest BCUT2D eigenvalue weighted by Crippen LogP contribution is -2.08. The van der Waals surface area contributed by atoms with E-state index in [2.05, 4.69) is 17.2 Å². The van der Waals surface area contributed by atoms with Crippen molar-refractivity contribution in [1.29, 1.82) is 0 Å². The van der Waals surface area contributed by atoms with Gasteiger partial charge in [0.05, 0.1) is 30.6 Å². The summed E-state index contributed by atoms with van der Waals surface area (Å²) in [5, 5.41) is 11.9. The summed E-state index contributed by atoms with van der Waals surface area (Å²) in [4.78, 5) is 15.1. The maximum Gasteiger partial charge on any atom is 0.409 e. The molecule has 0 aliphatic rings. The van der Waals surface area contributed by atoms with Crippen LogP contribution in [0.15, 0.2) is 18.3 Å². The van der Waals surface area contributed by atoms with Gasteiger partial charge in [-0.25, -0.2) is 9.78 Å². The Morgan fingerprint density at radius 2 is 2.17 bits per heavy atom. The largest absolute Gasteiger partial charge is 0.493 e. The standard InChI is InChI=1S/C16H19ClN2O4/c1-3-4-5-8-23-15-12(22-2)7-6-10-13(17)11(19-16(20)21)9-18-14(10)15/h6-7,9,19H,3-5,8H2,1-2H3,(H,20,21). The molecule has 0 unspecified atom stereocenters. The summed E-state index contributed by atoms with van der Waals surface area (Å²) in [6.45, 7) is 2.68. The van der Waals surface area contributed by atoms with Gasteiger partial charge in [-0.15, -0.1) is 0 Å². The Hall–Kier alpha value is -2.21. The SMILES string of the molecule is CCCCCOc1c(OC)ccc2c(Cl)c(NC(=O)O)cnc12. The summed E-state index contributed by atoms with van der Waals surface area (Å²) in [6, 6.07) is 3.46. The van der Waals surface area contributed by atoms with E-state index in [1.807, 2.05) is 0 Å². The number of carboxylic acid groups (broad SMARTS) is 1. The van der Waals surface area contributed by atoms with E-state index in [0.717, 1.165) is 19.3 Å². The number of aromatic nitrogens is 1. The molecule has 0 fully saturated rings. The molecule has 0 spiro atoms. The molecule has 0 saturated carbocycles. The number of hydrogen-bond acceptors (Lipinski definition) is 4. The Morgan fingerprint density at radius 1 is 1.39 bits per heavy atom. The Balaban J connectivity index is 2.42. The third kappa shape index (κ3) is 3.96. The minimum absolute atomic E-state index is 0.230. The summed E-state index contributed by atoms with van der Waals surface area (Å²) in [7, 11) is 1.56. The zero-order valence-electron chi connectivity index (χ0n) is 13.1. The van der Waals surface area contributed by atoms with Crippen molar-refractivity contribution >= 4 is 34.3 Å². The van der Waals surface area contributed by atoms with Crippen molar-refractivity contribution in [3.63, 3.8) is 0 Å². The number of nitrogens with one attached hydrogen (secondary N) is 1. The van der Waals surface area contributed by atoms with Crippen LogP contribution in [0.1, 0.15) is 26.2 Å². The van der Waals surface area contributed by atoms with Crippen LogP contribution in [0, 0.1) is 0 Å². The van der Waals surface area contributed by atoms with Crippen LogP contribution in [-0.4, -0.2) is 29.9 Å². The van der Waals surface area contributed by atoms with Crippen molar-refractivity contribution in [2.75, 3.05) is 19.0 Å². The molecule has 2 rings (SSSR count). The second-order valence-corrected chi connectivity index (χ2v) is 5.34. The molecule has 2 aromatic rings. The number of unbranched alkanes of at least 4 members (excludes halogenated alkanes) is 2. The van der Waals surface area contributed by atoms with Gasteiger partial charge in [-0.3, -0.25) is 5.32 Å². The maximum absolute atomic E-state index is 10.8. The quantitative estimate of drug-likeness (QED) is 0.723. The minimum Gasteiger partial charge on any atom is -0.493 e. The third-order valence-corrected chi connectivity index (χ3v) is 3.75. The van der Waals surface area contributed by atoms with Gasteiger partial charge in [0, 0.05) is 5.39 Å². The molecule has 0 radical (unpaired) electrons. The van der Waals surface area contributed by atoms with E-state index in [1.54, 1.807) is 19.2 Å². The highest BCUT2D eigenvalue weighted by Crippen LogP contribution is 2.39. The first kappa shape index (κ1) is 17.1. The number of ether oxygens (including phenoxy) is 2. The van der Waals surface area contributed by atoms with Crippen molar-refractivity contribution in [2.45, 2.75) is 26.2 Å². The van der Waals surface area contributed by atoms with E-state index in [-0.39, 0.29) is 10.7 Å². The first-order valence-electron chi connectivity index (χ1n) is 7.36. The smallest absolute Gasteiger partial charge is 0.409 e. The second-order valence-electron chi connectivity index (χ2n) is 4.96. The van der Waals surface area contributed by atoms with Crippen LogP contribution in [0.4, 0.5) is 10.5 Å². The fourth-order valence-electron chi connectivity index (χ4n) is 2.22. The highest BCUT2D eigenvalue weighted by molar-refractivity contribution is 6.38. The van der Waals surface area contributed by atoms with Crippen molar-refractivity contribution < 1.29 is 19.4 Å². The summed E-state index contributed by atoms with van der Waals surface area (Å²) in [5.74, 6) is 1.08. The first-order valence-corrected chi connectivity index (χ1v) is 7.74. The van der Waals surface area contributed by atoms with E-state index >= 15 is 0 Å². The number of benzene rings is 1. The second kappa shape index (κ2) is 7.87. The number of nitrogens with zero attached hydrogens (tertiary/aromatic N) is 1. The van der Waals surface area contributed by atoms with Crippen molar-refractivity contribution in [2.24, 2.45) is 0 Å². The third-order valence-electron chi connectivity index (χ3n) is 3.35. The molecule has 124 valence electrons. The lowest BCUT2D eigenvalue weighted by Gasteiger charge is -2.14. The lowest BCUT2D eigenvalue weighted by atomic mass is 10.1. The van der Waals surface area contributed by atoms with Crippen LogP contribution in [-0.2, 0) is 0 Å². The van der Waals surface area contributed by atoms with Gasteiger partial charge in [0.15, 0.2) is 11.5 Å². The summed E-state index contributed by atoms with van der Waals surface area (Å²) in [5.41, 5.74) is 0.774. The number of anilines is 1. The molecule has 2 N–H and O–H groups in total. The van der Waals surface area contributed by atoms with Crippen LogP contribution in [0.5, 0.6) is 11.5 Å². The molecule has 1 amide bonds. The van der Waals surface area contributed by atoms with E-state index in [4.69, 9.17) is 26.2 Å². The average molecular weight is 339 g/mol. The maximum atomic E-state index is 10.8. The van der Waals surface area contributed by atoms with Crippen LogP contribution in [0.2, 0.25) is 5.02 Å². The monoisotopic (exact) mass is 338 g/mol. The summed E-state index contributed by atoms with van der Waals surface area (Å²) in [6.07, 6.45) is 3.29. The van der Waals surface area contributed by atoms with Gasteiger partial charge in [0.2, 0.25) is 0 Å². The topological polar surface area (TPSA) is 80.7 Å². The number of fused-ring (bicyclic) bond motifs is 1. The Labute approximate surface area is 139 Å². The Bertz CT molecular complexity index is 706. The van der Waals surface area contributed by atoms with Gasteiger partial charge in [0.25, 0.3) is 0 Å².